The van der Waals surface area contributed by atoms with Crippen LogP contribution in [0, 0.1) is 6.92 Å². The lowest BCUT2D eigenvalue weighted by Gasteiger charge is -2.08. The number of benzene rings is 1. The van der Waals surface area contributed by atoms with Crippen LogP contribution in [-0.2, 0) is 6.54 Å². The van der Waals surface area contributed by atoms with Crippen molar-refractivity contribution in [2.75, 3.05) is 13.9 Å². The van der Waals surface area contributed by atoms with Crippen LogP contribution in [0.1, 0.15) is 21.7 Å². The topological polar surface area (TPSA) is 74.1 Å². The van der Waals surface area contributed by atoms with Crippen molar-refractivity contribution in [3.63, 3.8) is 0 Å². The van der Waals surface area contributed by atoms with Gasteiger partial charge in [0.1, 0.15) is 5.69 Å². The summed E-state index contributed by atoms with van der Waals surface area (Å²) in [7, 11) is 1.58. The second kappa shape index (κ2) is 6.01. The standard InChI is InChI=1S/C18H17N3O4/c1-11-16(21-7-3-4-14(23-2)17(21)20-11)18(22)19-9-12-5-6-13-15(8-12)25-10-24-13/h3-8H,9-10H2,1-2H3,(H,19,22). The van der Waals surface area contributed by atoms with Gasteiger partial charge in [-0.1, -0.05) is 6.07 Å². The molecule has 4 rings (SSSR count). The van der Waals surface area contributed by atoms with E-state index in [1.165, 1.54) is 0 Å². The minimum absolute atomic E-state index is 0.198. The van der Waals surface area contributed by atoms with Gasteiger partial charge in [-0.15, -0.1) is 0 Å². The predicted octanol–water partition coefficient (Wildman–Crippen LogP) is 2.31. The summed E-state index contributed by atoms with van der Waals surface area (Å²) in [6, 6.07) is 9.25. The van der Waals surface area contributed by atoms with Crippen molar-refractivity contribution in [1.82, 2.24) is 14.7 Å². The third kappa shape index (κ3) is 2.63. The Morgan fingerprint density at radius 2 is 2.16 bits per heavy atom. The molecule has 0 aliphatic carbocycles. The fraction of sp³-hybridized carbons (Fsp3) is 0.222. The predicted molar refractivity (Wildman–Crippen MR) is 90.2 cm³/mol. The molecule has 0 saturated carbocycles. The Labute approximate surface area is 144 Å². The first-order chi connectivity index (χ1) is 12.2. The molecule has 0 radical (unpaired) electrons. The Hall–Kier alpha value is -3.22. The van der Waals surface area contributed by atoms with Gasteiger partial charge >= 0.3 is 0 Å². The van der Waals surface area contributed by atoms with Gasteiger partial charge in [-0.25, -0.2) is 4.98 Å². The zero-order chi connectivity index (χ0) is 17.4. The van der Waals surface area contributed by atoms with Crippen LogP contribution in [0.3, 0.4) is 0 Å². The highest BCUT2D eigenvalue weighted by Crippen LogP contribution is 2.32. The molecule has 128 valence electrons. The smallest absolute Gasteiger partial charge is 0.270 e. The lowest BCUT2D eigenvalue weighted by atomic mass is 10.2. The zero-order valence-corrected chi connectivity index (χ0v) is 13.9. The second-order valence-electron chi connectivity index (χ2n) is 5.69. The Morgan fingerprint density at radius 1 is 1.32 bits per heavy atom. The Morgan fingerprint density at radius 3 is 3.00 bits per heavy atom. The first kappa shape index (κ1) is 15.3. The lowest BCUT2D eigenvalue weighted by molar-refractivity contribution is 0.0944. The molecule has 1 amide bonds. The van der Waals surface area contributed by atoms with Gasteiger partial charge in [0, 0.05) is 12.7 Å². The third-order valence-electron chi connectivity index (χ3n) is 4.11. The van der Waals surface area contributed by atoms with E-state index in [1.54, 1.807) is 17.7 Å². The third-order valence-corrected chi connectivity index (χ3v) is 4.11. The fourth-order valence-corrected chi connectivity index (χ4v) is 2.91. The number of aromatic nitrogens is 2. The number of carbonyl (C=O) groups excluding carboxylic acids is 1. The molecule has 1 aromatic carbocycles. The summed E-state index contributed by atoms with van der Waals surface area (Å²) in [5.74, 6) is 1.85. The Kier molecular flexibility index (Phi) is 3.68. The number of rotatable bonds is 4. The van der Waals surface area contributed by atoms with E-state index >= 15 is 0 Å². The maximum absolute atomic E-state index is 12.7. The number of methoxy groups -OCH3 is 1. The Balaban J connectivity index is 1.57. The van der Waals surface area contributed by atoms with Crippen molar-refractivity contribution in [1.29, 1.82) is 0 Å². The molecule has 0 atom stereocenters. The SMILES string of the molecule is COc1cccn2c(C(=O)NCc3ccc4c(c3)OCO4)c(C)nc12. The molecule has 0 saturated heterocycles. The molecule has 3 heterocycles. The molecule has 1 N–H and O–H groups in total. The number of fused-ring (bicyclic) bond motifs is 2. The van der Waals surface area contributed by atoms with Crippen molar-refractivity contribution in [2.45, 2.75) is 13.5 Å². The van der Waals surface area contributed by atoms with E-state index in [0.717, 1.165) is 11.3 Å². The van der Waals surface area contributed by atoms with Crippen LogP contribution in [0.5, 0.6) is 17.2 Å². The monoisotopic (exact) mass is 339 g/mol. The van der Waals surface area contributed by atoms with Crippen LogP contribution in [0.4, 0.5) is 0 Å². The van der Waals surface area contributed by atoms with Crippen molar-refractivity contribution in [2.24, 2.45) is 0 Å². The highest BCUT2D eigenvalue weighted by atomic mass is 16.7. The van der Waals surface area contributed by atoms with E-state index < -0.39 is 0 Å². The van der Waals surface area contributed by atoms with E-state index in [-0.39, 0.29) is 12.7 Å². The number of nitrogens with zero attached hydrogens (tertiary/aromatic N) is 2. The van der Waals surface area contributed by atoms with E-state index in [1.807, 2.05) is 37.3 Å². The zero-order valence-electron chi connectivity index (χ0n) is 13.9. The molecule has 25 heavy (non-hydrogen) atoms. The molecule has 1 aliphatic rings. The number of hydrogen-bond acceptors (Lipinski definition) is 5. The number of imidazole rings is 1. The van der Waals surface area contributed by atoms with E-state index in [2.05, 4.69) is 10.3 Å². The molecule has 2 aromatic heterocycles. The Bertz CT molecular complexity index is 964. The number of aryl methyl sites for hydroxylation is 1. The lowest BCUT2D eigenvalue weighted by Crippen LogP contribution is -2.25. The maximum Gasteiger partial charge on any atom is 0.270 e. The minimum Gasteiger partial charge on any atom is -0.493 e. The number of ether oxygens (including phenoxy) is 3. The number of carbonyl (C=O) groups is 1. The molecule has 0 spiro atoms. The molecule has 0 bridgehead atoms. The summed E-state index contributed by atoms with van der Waals surface area (Å²) in [5, 5.41) is 2.93. The molecule has 0 unspecified atom stereocenters. The van der Waals surface area contributed by atoms with Gasteiger partial charge in [-0.05, 0) is 36.8 Å². The average Bonchev–Trinajstić information content (AvgIpc) is 3.22. The summed E-state index contributed by atoms with van der Waals surface area (Å²) < 4.78 is 17.7. The van der Waals surface area contributed by atoms with Crippen molar-refractivity contribution >= 4 is 11.6 Å². The summed E-state index contributed by atoms with van der Waals surface area (Å²) >= 11 is 0. The van der Waals surface area contributed by atoms with Gasteiger partial charge in [-0.2, -0.15) is 0 Å². The van der Waals surface area contributed by atoms with Crippen molar-refractivity contribution in [3.8, 4) is 17.2 Å². The first-order valence-electron chi connectivity index (χ1n) is 7.86. The van der Waals surface area contributed by atoms with Crippen LogP contribution in [-0.4, -0.2) is 29.2 Å². The van der Waals surface area contributed by atoms with Crippen LogP contribution in [0.25, 0.3) is 5.65 Å². The molecular weight excluding hydrogens is 322 g/mol. The van der Waals surface area contributed by atoms with Gasteiger partial charge in [0.2, 0.25) is 6.79 Å². The molecule has 0 fully saturated rings. The van der Waals surface area contributed by atoms with Gasteiger partial charge in [0.05, 0.1) is 12.8 Å². The van der Waals surface area contributed by atoms with Gasteiger partial charge in [0.25, 0.3) is 5.91 Å². The van der Waals surface area contributed by atoms with Crippen LogP contribution < -0.4 is 19.5 Å². The summed E-state index contributed by atoms with van der Waals surface area (Å²) in [6.07, 6.45) is 1.80. The maximum atomic E-state index is 12.7. The number of nitrogens with one attached hydrogen (secondary N) is 1. The van der Waals surface area contributed by atoms with Gasteiger partial charge in [-0.3, -0.25) is 9.20 Å². The summed E-state index contributed by atoms with van der Waals surface area (Å²) in [5.41, 5.74) is 2.69. The number of amides is 1. The highest BCUT2D eigenvalue weighted by Gasteiger charge is 2.19. The molecule has 1 aliphatic heterocycles. The summed E-state index contributed by atoms with van der Waals surface area (Å²) in [6.45, 7) is 2.42. The second-order valence-corrected chi connectivity index (χ2v) is 5.69. The molecule has 7 heteroatoms. The first-order valence-corrected chi connectivity index (χ1v) is 7.86. The van der Waals surface area contributed by atoms with Gasteiger partial charge in [0.15, 0.2) is 22.9 Å². The molecule has 7 nitrogen and oxygen atoms in total. The number of pyridine rings is 1. The van der Waals surface area contributed by atoms with Crippen molar-refractivity contribution < 1.29 is 19.0 Å². The number of hydrogen-bond donors (Lipinski definition) is 1. The van der Waals surface area contributed by atoms with E-state index in [4.69, 9.17) is 14.2 Å². The largest absolute Gasteiger partial charge is 0.493 e. The quantitative estimate of drug-likeness (QED) is 0.789. The normalized spacial score (nSPS) is 12.4. The van der Waals surface area contributed by atoms with Crippen molar-refractivity contribution in [3.05, 3.63) is 53.5 Å². The highest BCUT2D eigenvalue weighted by molar-refractivity contribution is 5.94. The van der Waals surface area contributed by atoms with Crippen LogP contribution in [0.15, 0.2) is 36.5 Å². The molecular formula is C18H17N3O4. The minimum atomic E-state index is -0.198. The van der Waals surface area contributed by atoms with E-state index in [0.29, 0.717) is 35.1 Å². The molecule has 3 aromatic rings. The summed E-state index contributed by atoms with van der Waals surface area (Å²) in [4.78, 5) is 17.1. The van der Waals surface area contributed by atoms with E-state index in [9.17, 15) is 4.79 Å². The average molecular weight is 339 g/mol. The fourth-order valence-electron chi connectivity index (χ4n) is 2.91. The van der Waals surface area contributed by atoms with Crippen LogP contribution in [0.2, 0.25) is 0 Å². The van der Waals surface area contributed by atoms with Crippen LogP contribution >= 0.6 is 0 Å². The van der Waals surface area contributed by atoms with Gasteiger partial charge < -0.3 is 19.5 Å².